The lowest BCUT2D eigenvalue weighted by molar-refractivity contribution is 0.590. The number of nitrogens with zero attached hydrogens (tertiary/aromatic N) is 2. The molecule has 0 fully saturated rings. The fourth-order valence-electron chi connectivity index (χ4n) is 7.82. The number of benzene rings is 8. The molecule has 54 heavy (non-hydrogen) atoms. The third-order valence-electron chi connectivity index (χ3n) is 10.5. The molecule has 0 spiro atoms. The molecule has 0 radical (unpaired) electrons. The Morgan fingerprint density at radius 3 is 1.80 bits per heavy atom. The quantitative estimate of drug-likeness (QED) is 0.169. The van der Waals surface area contributed by atoms with Gasteiger partial charge in [0.2, 0.25) is 0 Å². The standard InChI is InChI=1S/C52H40N2/c1-52(2,3)40-27-21-35(22-28-40)36-23-29-42(30-24-36)53-47-19-11-10-17-44(47)45-33-38(25-31-48(45)53)39-26-32-49-46(34-39)51-43(37-13-6-4-7-14-37)18-12-20-50(51)54(49)41-15-8-5-9-16-41/h4-34H,1-3H3/i10D,11D,17D,19D,25D,31D,33D. The fourth-order valence-corrected chi connectivity index (χ4v) is 7.82. The molecule has 0 aliphatic rings. The first-order chi connectivity index (χ1) is 29.3. The Balaban J connectivity index is 1.23. The van der Waals surface area contributed by atoms with Crippen LogP contribution in [0.15, 0.2) is 188 Å². The molecule has 2 heteroatoms. The third-order valence-corrected chi connectivity index (χ3v) is 10.5. The summed E-state index contributed by atoms with van der Waals surface area (Å²) in [4.78, 5) is 0. The predicted octanol–water partition coefficient (Wildman–Crippen LogP) is 14.2. The number of fused-ring (bicyclic) bond motifs is 6. The van der Waals surface area contributed by atoms with Gasteiger partial charge in [-0.15, -0.1) is 0 Å². The number of hydrogen-bond acceptors (Lipinski definition) is 0. The number of rotatable bonds is 5. The molecular formula is C52H40N2. The van der Waals surface area contributed by atoms with Crippen molar-refractivity contribution in [2.45, 2.75) is 26.2 Å². The maximum Gasteiger partial charge on any atom is 0.0645 e. The zero-order chi connectivity index (χ0) is 42.5. The molecule has 2 aromatic heterocycles. The Hall–Kier alpha value is -6.64. The Morgan fingerprint density at radius 1 is 0.426 bits per heavy atom. The van der Waals surface area contributed by atoms with Gasteiger partial charge in [0.05, 0.1) is 31.7 Å². The molecule has 0 saturated carbocycles. The van der Waals surface area contributed by atoms with Crippen LogP contribution in [0.4, 0.5) is 0 Å². The monoisotopic (exact) mass is 699 g/mol. The first-order valence-corrected chi connectivity index (χ1v) is 18.3. The van der Waals surface area contributed by atoms with Crippen LogP contribution < -0.4 is 0 Å². The van der Waals surface area contributed by atoms with Crippen LogP contribution in [0.2, 0.25) is 0 Å². The lowest BCUT2D eigenvalue weighted by Gasteiger charge is -2.19. The summed E-state index contributed by atoms with van der Waals surface area (Å²) < 4.78 is 68.7. The molecule has 0 atom stereocenters. The molecule has 0 saturated heterocycles. The molecule has 10 aromatic rings. The highest BCUT2D eigenvalue weighted by molar-refractivity contribution is 6.17. The SMILES string of the molecule is [2H]c1c([2H])c([2H])c2c(c1[2H])c1c([2H])c(-c3ccc4c(c3)c3c(-c5ccccc5)cccc3n4-c3ccccc3)c([2H])c([2H])c1n2-c1ccc(-c2ccc(C(C)(C)C)cc2)cc1. The predicted molar refractivity (Wildman–Crippen MR) is 230 cm³/mol. The van der Waals surface area contributed by atoms with Gasteiger partial charge in [-0.2, -0.15) is 0 Å². The molecule has 10 rings (SSSR count). The van der Waals surface area contributed by atoms with Crippen LogP contribution in [-0.4, -0.2) is 9.13 Å². The van der Waals surface area contributed by atoms with Crippen molar-refractivity contribution >= 4 is 43.6 Å². The van der Waals surface area contributed by atoms with Gasteiger partial charge in [-0.25, -0.2) is 0 Å². The largest absolute Gasteiger partial charge is 0.309 e. The Kier molecular flexibility index (Phi) is 5.87. The van der Waals surface area contributed by atoms with Crippen molar-refractivity contribution in [1.82, 2.24) is 9.13 Å². The number of para-hydroxylation sites is 2. The second-order valence-electron chi connectivity index (χ2n) is 14.9. The summed E-state index contributed by atoms with van der Waals surface area (Å²) in [7, 11) is 0. The van der Waals surface area contributed by atoms with Gasteiger partial charge in [0, 0.05) is 32.9 Å². The lowest BCUT2D eigenvalue weighted by Crippen LogP contribution is -2.10. The molecule has 0 aliphatic carbocycles. The second-order valence-corrected chi connectivity index (χ2v) is 14.9. The van der Waals surface area contributed by atoms with Crippen molar-refractivity contribution < 1.29 is 9.60 Å². The maximum absolute atomic E-state index is 9.88. The van der Waals surface area contributed by atoms with Crippen molar-refractivity contribution in [3.63, 3.8) is 0 Å². The summed E-state index contributed by atoms with van der Waals surface area (Å²) in [6, 6.07) is 46.8. The topological polar surface area (TPSA) is 9.86 Å². The van der Waals surface area contributed by atoms with Crippen molar-refractivity contribution in [3.8, 4) is 44.8 Å². The van der Waals surface area contributed by atoms with Crippen LogP contribution in [0.25, 0.3) is 88.4 Å². The van der Waals surface area contributed by atoms with Crippen molar-refractivity contribution in [2.75, 3.05) is 0 Å². The summed E-state index contributed by atoms with van der Waals surface area (Å²) in [5, 5.41) is 2.28. The number of aromatic nitrogens is 2. The zero-order valence-corrected chi connectivity index (χ0v) is 30.3. The molecule has 2 nitrogen and oxygen atoms in total. The number of hydrogen-bond donors (Lipinski definition) is 0. The first kappa shape index (κ1) is 25.4. The average Bonchev–Trinajstić information content (AvgIpc) is 3.82. The van der Waals surface area contributed by atoms with E-state index >= 15 is 0 Å². The van der Waals surface area contributed by atoms with E-state index in [9.17, 15) is 5.48 Å². The van der Waals surface area contributed by atoms with Crippen LogP contribution in [0.1, 0.15) is 35.9 Å². The smallest absolute Gasteiger partial charge is 0.0645 e. The minimum atomic E-state index is -0.420. The Morgan fingerprint density at radius 2 is 1.06 bits per heavy atom. The summed E-state index contributed by atoms with van der Waals surface area (Å²) >= 11 is 0. The molecule has 8 aromatic carbocycles. The highest BCUT2D eigenvalue weighted by atomic mass is 15.0. The van der Waals surface area contributed by atoms with Gasteiger partial charge < -0.3 is 9.13 Å². The molecule has 0 N–H and O–H groups in total. The summed E-state index contributed by atoms with van der Waals surface area (Å²) in [5.41, 5.74) is 9.95. The van der Waals surface area contributed by atoms with Crippen LogP contribution in [0.5, 0.6) is 0 Å². The third kappa shape index (κ3) is 5.25. The van der Waals surface area contributed by atoms with E-state index in [2.05, 4.69) is 92.1 Å². The van der Waals surface area contributed by atoms with Gasteiger partial charge in [0.15, 0.2) is 0 Å². The van der Waals surface area contributed by atoms with E-state index in [1.54, 1.807) is 4.57 Å². The van der Waals surface area contributed by atoms with Crippen molar-refractivity contribution in [2.24, 2.45) is 0 Å². The molecule has 0 bridgehead atoms. The maximum atomic E-state index is 9.88. The Bertz CT molecular complexity index is 3380. The van der Waals surface area contributed by atoms with Gasteiger partial charge in [-0.1, -0.05) is 148 Å². The minimum Gasteiger partial charge on any atom is -0.309 e. The van der Waals surface area contributed by atoms with E-state index in [1.807, 2.05) is 78.9 Å². The summed E-state index contributed by atoms with van der Waals surface area (Å²) in [5.74, 6) is 0. The molecule has 0 amide bonds. The molecule has 258 valence electrons. The van der Waals surface area contributed by atoms with E-state index in [-0.39, 0.29) is 63.0 Å². The highest BCUT2D eigenvalue weighted by Crippen LogP contribution is 2.41. The summed E-state index contributed by atoms with van der Waals surface area (Å²) in [6.45, 7) is 6.53. The highest BCUT2D eigenvalue weighted by Gasteiger charge is 2.19. The van der Waals surface area contributed by atoms with E-state index in [0.29, 0.717) is 11.3 Å². The van der Waals surface area contributed by atoms with Gasteiger partial charge in [-0.05, 0) is 105 Å². The van der Waals surface area contributed by atoms with E-state index in [4.69, 9.17) is 4.11 Å². The van der Waals surface area contributed by atoms with Gasteiger partial charge >= 0.3 is 0 Å². The van der Waals surface area contributed by atoms with E-state index in [0.717, 1.165) is 49.7 Å². The van der Waals surface area contributed by atoms with Crippen molar-refractivity contribution in [1.29, 1.82) is 0 Å². The van der Waals surface area contributed by atoms with Gasteiger partial charge in [-0.3, -0.25) is 0 Å². The van der Waals surface area contributed by atoms with E-state index < -0.39 is 12.1 Å². The Labute approximate surface area is 326 Å². The zero-order valence-electron chi connectivity index (χ0n) is 37.3. The fraction of sp³-hybridized carbons (Fsp3) is 0.0769. The molecule has 2 heterocycles. The normalized spacial score (nSPS) is 13.8. The first-order valence-electron chi connectivity index (χ1n) is 21.8. The lowest BCUT2D eigenvalue weighted by atomic mass is 9.86. The molecular weight excluding hydrogens is 653 g/mol. The molecule has 0 aliphatic heterocycles. The van der Waals surface area contributed by atoms with Crippen LogP contribution in [0, 0.1) is 0 Å². The van der Waals surface area contributed by atoms with E-state index in [1.165, 1.54) is 5.56 Å². The van der Waals surface area contributed by atoms with Crippen LogP contribution in [0.3, 0.4) is 0 Å². The van der Waals surface area contributed by atoms with Gasteiger partial charge in [0.1, 0.15) is 0 Å². The van der Waals surface area contributed by atoms with Crippen molar-refractivity contribution in [3.05, 3.63) is 193 Å². The minimum absolute atomic E-state index is 0.0158. The molecule has 0 unspecified atom stereocenters. The van der Waals surface area contributed by atoms with Gasteiger partial charge in [0.25, 0.3) is 0 Å². The second kappa shape index (κ2) is 12.5. The average molecular weight is 700 g/mol. The van der Waals surface area contributed by atoms with Crippen LogP contribution >= 0.6 is 0 Å². The summed E-state index contributed by atoms with van der Waals surface area (Å²) in [6.07, 6.45) is 0. The van der Waals surface area contributed by atoms with Crippen LogP contribution in [-0.2, 0) is 5.41 Å².